The van der Waals surface area contributed by atoms with Gasteiger partial charge < -0.3 is 4.90 Å². The van der Waals surface area contributed by atoms with Crippen LogP contribution in [0.2, 0.25) is 5.02 Å². The summed E-state index contributed by atoms with van der Waals surface area (Å²) in [6.45, 7) is 5.52. The van der Waals surface area contributed by atoms with E-state index in [0.29, 0.717) is 23.8 Å². The summed E-state index contributed by atoms with van der Waals surface area (Å²) in [5.74, 6) is 0. The highest BCUT2D eigenvalue weighted by molar-refractivity contribution is 7.89. The van der Waals surface area contributed by atoms with Crippen LogP contribution in [0.1, 0.15) is 45.1 Å². The van der Waals surface area contributed by atoms with Gasteiger partial charge in [0.25, 0.3) is 0 Å². The maximum absolute atomic E-state index is 13.2. The molecule has 2 heterocycles. The molecule has 32 heavy (non-hydrogen) atoms. The van der Waals surface area contributed by atoms with E-state index in [4.69, 9.17) is 11.6 Å². The summed E-state index contributed by atoms with van der Waals surface area (Å²) in [5.41, 5.74) is 3.87. The van der Waals surface area contributed by atoms with Crippen LogP contribution in [0.5, 0.6) is 0 Å². The van der Waals surface area contributed by atoms with Gasteiger partial charge in [0.15, 0.2) is 0 Å². The number of hydrogen-bond acceptors (Lipinski definition) is 4. The van der Waals surface area contributed by atoms with Crippen LogP contribution >= 0.6 is 11.6 Å². The molecule has 0 saturated carbocycles. The molecule has 0 bridgehead atoms. The van der Waals surface area contributed by atoms with E-state index in [1.807, 2.05) is 12.1 Å². The van der Waals surface area contributed by atoms with Gasteiger partial charge in [0.2, 0.25) is 10.0 Å². The predicted octanol–water partition coefficient (Wildman–Crippen LogP) is 5.92. The zero-order chi connectivity index (χ0) is 22.9. The number of hydrogen-bond donors (Lipinski definition) is 0. The lowest BCUT2D eigenvalue weighted by Crippen LogP contribution is -2.31. The molecule has 2 aliphatic rings. The molecular formula is C25H30ClN3O2S. The van der Waals surface area contributed by atoms with Gasteiger partial charge in [-0.05, 0) is 48.7 Å². The standard InChI is InChI=1S/C25H30ClN3O2S/c1-25(2)20-10-6-7-11-23(20)28(3)24(25)14-15-27-22-18-19(12-13-21(22)26)32(30,31)29-16-8-4-5-9-17-29/h6-7,10-15,18H,4-5,8-9,16-17H2,1-3H3. The number of anilines is 1. The quantitative estimate of drug-likeness (QED) is 0.520. The van der Waals surface area contributed by atoms with Gasteiger partial charge >= 0.3 is 0 Å². The second-order valence-corrected chi connectivity index (χ2v) is 11.3. The van der Waals surface area contributed by atoms with Crippen LogP contribution < -0.4 is 4.90 Å². The van der Waals surface area contributed by atoms with E-state index in [0.717, 1.165) is 31.4 Å². The Morgan fingerprint density at radius 1 is 1.03 bits per heavy atom. The number of halogens is 1. The molecule has 2 aromatic rings. The van der Waals surface area contributed by atoms with Gasteiger partial charge in [-0.25, -0.2) is 8.42 Å². The summed E-state index contributed by atoms with van der Waals surface area (Å²) in [5, 5.41) is 0.428. The number of likely N-dealkylation sites (N-methyl/N-ethyl adjacent to an activating group) is 1. The van der Waals surface area contributed by atoms with Gasteiger partial charge in [-0.1, -0.05) is 56.5 Å². The fourth-order valence-electron chi connectivity index (χ4n) is 4.67. The minimum Gasteiger partial charge on any atom is -0.347 e. The number of benzene rings is 2. The van der Waals surface area contributed by atoms with Gasteiger partial charge in [0, 0.05) is 43.2 Å². The molecule has 2 aliphatic heterocycles. The number of fused-ring (bicyclic) bond motifs is 1. The Labute approximate surface area is 196 Å². The molecule has 0 amide bonds. The van der Waals surface area contributed by atoms with Gasteiger partial charge in [-0.2, -0.15) is 4.31 Å². The smallest absolute Gasteiger partial charge is 0.243 e. The monoisotopic (exact) mass is 471 g/mol. The molecule has 1 saturated heterocycles. The molecule has 0 spiro atoms. The summed E-state index contributed by atoms with van der Waals surface area (Å²) in [7, 11) is -1.50. The molecule has 5 nitrogen and oxygen atoms in total. The summed E-state index contributed by atoms with van der Waals surface area (Å²) < 4.78 is 27.9. The summed E-state index contributed by atoms with van der Waals surface area (Å²) in [6, 6.07) is 13.1. The van der Waals surface area contributed by atoms with Crippen molar-refractivity contribution in [1.82, 2.24) is 4.31 Å². The first-order chi connectivity index (χ1) is 15.2. The fraction of sp³-hybridized carbons (Fsp3) is 0.400. The third-order valence-electron chi connectivity index (χ3n) is 6.51. The number of rotatable bonds is 4. The Kier molecular flexibility index (Phi) is 6.48. The molecule has 170 valence electrons. The van der Waals surface area contributed by atoms with E-state index in [-0.39, 0.29) is 10.3 Å². The maximum atomic E-state index is 13.2. The highest BCUT2D eigenvalue weighted by Crippen LogP contribution is 2.46. The number of para-hydroxylation sites is 1. The van der Waals surface area contributed by atoms with E-state index in [2.05, 4.69) is 49.0 Å². The molecule has 0 unspecified atom stereocenters. The number of allylic oxidation sites excluding steroid dienone is 2. The lowest BCUT2D eigenvalue weighted by molar-refractivity contribution is 0.424. The highest BCUT2D eigenvalue weighted by Gasteiger charge is 2.37. The van der Waals surface area contributed by atoms with Crippen molar-refractivity contribution in [3.05, 3.63) is 64.8 Å². The zero-order valence-corrected chi connectivity index (χ0v) is 20.5. The molecule has 0 radical (unpaired) electrons. The highest BCUT2D eigenvalue weighted by atomic mass is 35.5. The first-order valence-electron chi connectivity index (χ1n) is 11.1. The van der Waals surface area contributed by atoms with Gasteiger partial charge in [-0.15, -0.1) is 0 Å². The van der Waals surface area contributed by atoms with Crippen molar-refractivity contribution in [2.45, 2.75) is 49.8 Å². The van der Waals surface area contributed by atoms with E-state index in [1.165, 1.54) is 11.3 Å². The third-order valence-corrected chi connectivity index (χ3v) is 8.72. The Bertz CT molecular complexity index is 1160. The molecule has 4 rings (SSSR count). The Morgan fingerprint density at radius 3 is 2.41 bits per heavy atom. The third kappa shape index (κ3) is 4.24. The van der Waals surface area contributed by atoms with Crippen molar-refractivity contribution in [3.63, 3.8) is 0 Å². The molecule has 0 atom stereocenters. The topological polar surface area (TPSA) is 53.0 Å². The molecule has 1 fully saturated rings. The minimum absolute atomic E-state index is 0.154. The Hall–Kier alpha value is -2.15. The molecular weight excluding hydrogens is 442 g/mol. The number of nitrogens with zero attached hydrogens (tertiary/aromatic N) is 3. The van der Waals surface area contributed by atoms with E-state index in [9.17, 15) is 8.42 Å². The summed E-state index contributed by atoms with van der Waals surface area (Å²) in [6.07, 6.45) is 7.64. The average Bonchev–Trinajstić information content (AvgIpc) is 2.98. The first kappa shape index (κ1) is 23.0. The van der Waals surface area contributed by atoms with Crippen LogP contribution in [-0.2, 0) is 15.4 Å². The molecule has 0 N–H and O–H groups in total. The minimum atomic E-state index is -3.55. The molecule has 0 aromatic heterocycles. The van der Waals surface area contributed by atoms with Gasteiger partial charge in [-0.3, -0.25) is 4.99 Å². The Balaban J connectivity index is 1.62. The largest absolute Gasteiger partial charge is 0.347 e. The van der Waals surface area contributed by atoms with Crippen LogP contribution in [0.15, 0.2) is 64.1 Å². The van der Waals surface area contributed by atoms with Gasteiger partial charge in [0.1, 0.15) is 0 Å². The van der Waals surface area contributed by atoms with Crippen LogP contribution in [0.25, 0.3) is 0 Å². The van der Waals surface area contributed by atoms with Crippen molar-refractivity contribution in [3.8, 4) is 0 Å². The maximum Gasteiger partial charge on any atom is 0.243 e. The number of aliphatic imine (C=N–C) groups is 1. The van der Waals surface area contributed by atoms with Crippen molar-refractivity contribution >= 4 is 39.2 Å². The second-order valence-electron chi connectivity index (χ2n) is 8.96. The predicted molar refractivity (Wildman–Crippen MR) is 133 cm³/mol. The van der Waals surface area contributed by atoms with Crippen molar-refractivity contribution in [2.75, 3.05) is 25.0 Å². The van der Waals surface area contributed by atoms with Crippen LogP contribution in [0.3, 0.4) is 0 Å². The first-order valence-corrected chi connectivity index (χ1v) is 12.9. The van der Waals surface area contributed by atoms with E-state index >= 15 is 0 Å². The van der Waals surface area contributed by atoms with Crippen molar-refractivity contribution in [2.24, 2.45) is 4.99 Å². The molecule has 7 heteroatoms. The Morgan fingerprint density at radius 2 is 1.72 bits per heavy atom. The van der Waals surface area contributed by atoms with E-state index in [1.54, 1.807) is 28.7 Å². The van der Waals surface area contributed by atoms with Crippen LogP contribution in [0.4, 0.5) is 11.4 Å². The summed E-state index contributed by atoms with van der Waals surface area (Å²) in [4.78, 5) is 6.94. The lowest BCUT2D eigenvalue weighted by Gasteiger charge is -2.23. The molecule has 2 aromatic carbocycles. The lowest BCUT2D eigenvalue weighted by atomic mass is 9.84. The fourth-order valence-corrected chi connectivity index (χ4v) is 6.38. The van der Waals surface area contributed by atoms with Crippen LogP contribution in [0, 0.1) is 0 Å². The van der Waals surface area contributed by atoms with Crippen LogP contribution in [-0.4, -0.2) is 39.1 Å². The average molecular weight is 472 g/mol. The zero-order valence-electron chi connectivity index (χ0n) is 18.9. The van der Waals surface area contributed by atoms with E-state index < -0.39 is 10.0 Å². The summed E-state index contributed by atoms with van der Waals surface area (Å²) >= 11 is 6.36. The number of sulfonamides is 1. The van der Waals surface area contributed by atoms with Gasteiger partial charge in [0.05, 0.1) is 15.6 Å². The second kappa shape index (κ2) is 9.00. The normalized spacial score (nSPS) is 20.6. The van der Waals surface area contributed by atoms with Crippen molar-refractivity contribution in [1.29, 1.82) is 0 Å². The van der Waals surface area contributed by atoms with Crippen molar-refractivity contribution < 1.29 is 8.42 Å². The SMILES string of the molecule is CN1C(=CC=Nc2cc(S(=O)(=O)N3CCCCCC3)ccc2Cl)C(C)(C)c2ccccc21. The molecule has 0 aliphatic carbocycles.